The van der Waals surface area contributed by atoms with Crippen LogP contribution in [0.3, 0.4) is 0 Å². The fraction of sp³-hybridized carbons (Fsp3) is 0. The molecule has 2 heterocycles. The van der Waals surface area contributed by atoms with Gasteiger partial charge in [0, 0.05) is 12.1 Å². The lowest BCUT2D eigenvalue weighted by molar-refractivity contribution is 0.617. The number of nitrogens with zero attached hydrogens (tertiary/aromatic N) is 1. The van der Waals surface area contributed by atoms with E-state index in [1.807, 2.05) is 17.5 Å². The topological polar surface area (TPSA) is 52.0 Å². The van der Waals surface area contributed by atoms with Gasteiger partial charge in [-0.2, -0.15) is 0 Å². The monoisotopic (exact) mass is 234 g/mol. The predicted octanol–water partition coefficient (Wildman–Crippen LogP) is 3.28. The van der Waals surface area contributed by atoms with Crippen molar-refractivity contribution in [3.63, 3.8) is 0 Å². The highest BCUT2D eigenvalue weighted by Gasteiger charge is 2.12. The summed E-state index contributed by atoms with van der Waals surface area (Å²) in [5.41, 5.74) is 6.80. The highest BCUT2D eigenvalue weighted by Crippen LogP contribution is 2.30. The van der Waals surface area contributed by atoms with Gasteiger partial charge in [0.25, 0.3) is 0 Å². The van der Waals surface area contributed by atoms with E-state index in [0.29, 0.717) is 17.0 Å². The summed E-state index contributed by atoms with van der Waals surface area (Å²) in [7, 11) is 0. The molecule has 5 heteroatoms. The van der Waals surface area contributed by atoms with Gasteiger partial charge in [-0.1, -0.05) is 6.07 Å². The van der Waals surface area contributed by atoms with E-state index >= 15 is 0 Å². The van der Waals surface area contributed by atoms with Crippen molar-refractivity contribution >= 4 is 28.1 Å². The van der Waals surface area contributed by atoms with Crippen LogP contribution in [0.2, 0.25) is 0 Å². The van der Waals surface area contributed by atoms with Gasteiger partial charge in [0.2, 0.25) is 5.89 Å². The Labute approximate surface area is 94.3 Å². The maximum absolute atomic E-state index is 13.1. The summed E-state index contributed by atoms with van der Waals surface area (Å²) in [5.74, 6) is 0.0679. The number of nitrogens with two attached hydrogens (primary N) is 1. The minimum atomic E-state index is -0.406. The van der Waals surface area contributed by atoms with E-state index in [9.17, 15) is 4.39 Å². The van der Waals surface area contributed by atoms with E-state index in [4.69, 9.17) is 10.2 Å². The summed E-state index contributed by atoms with van der Waals surface area (Å²) >= 11 is 1.51. The van der Waals surface area contributed by atoms with Crippen molar-refractivity contribution in [3.05, 3.63) is 35.5 Å². The second-order valence-electron chi connectivity index (χ2n) is 3.34. The van der Waals surface area contributed by atoms with Gasteiger partial charge in [-0.25, -0.2) is 9.37 Å². The zero-order chi connectivity index (χ0) is 11.1. The maximum Gasteiger partial charge on any atom is 0.237 e. The minimum Gasteiger partial charge on any atom is -0.433 e. The Bertz CT molecular complexity index is 645. The first-order valence-corrected chi connectivity index (χ1v) is 5.51. The SMILES string of the molecule is Nc1cc(F)cc2nc(-c3cccs3)oc12. The molecule has 0 fully saturated rings. The third-order valence-corrected chi connectivity index (χ3v) is 3.07. The van der Waals surface area contributed by atoms with Crippen LogP contribution in [-0.2, 0) is 0 Å². The van der Waals surface area contributed by atoms with E-state index in [0.717, 1.165) is 4.88 Å². The maximum atomic E-state index is 13.1. The Hall–Kier alpha value is -1.88. The normalized spacial score (nSPS) is 11.1. The van der Waals surface area contributed by atoms with Gasteiger partial charge < -0.3 is 10.2 Å². The average Bonchev–Trinajstić information content (AvgIpc) is 2.82. The molecular formula is C11H7FN2OS. The number of hydrogen-bond acceptors (Lipinski definition) is 4. The van der Waals surface area contributed by atoms with E-state index in [2.05, 4.69) is 4.98 Å². The number of oxazole rings is 1. The number of nitrogen functional groups attached to an aromatic ring is 1. The molecule has 0 radical (unpaired) electrons. The number of rotatable bonds is 1. The van der Waals surface area contributed by atoms with Gasteiger partial charge in [-0.15, -0.1) is 11.3 Å². The second kappa shape index (κ2) is 3.31. The van der Waals surface area contributed by atoms with Crippen LogP contribution in [0, 0.1) is 5.82 Å². The number of aromatic nitrogens is 1. The number of benzene rings is 1. The van der Waals surface area contributed by atoms with Crippen LogP contribution in [0.1, 0.15) is 0 Å². The fourth-order valence-electron chi connectivity index (χ4n) is 1.53. The molecule has 0 aliphatic carbocycles. The molecule has 0 bridgehead atoms. The van der Waals surface area contributed by atoms with Crippen molar-refractivity contribution in [1.29, 1.82) is 0 Å². The van der Waals surface area contributed by atoms with E-state index < -0.39 is 5.82 Å². The molecule has 0 aliphatic heterocycles. The lowest BCUT2D eigenvalue weighted by Gasteiger charge is -1.92. The number of halogens is 1. The van der Waals surface area contributed by atoms with Gasteiger partial charge >= 0.3 is 0 Å². The van der Waals surface area contributed by atoms with Gasteiger partial charge in [-0.3, -0.25) is 0 Å². The highest BCUT2D eigenvalue weighted by atomic mass is 32.1. The zero-order valence-corrected chi connectivity index (χ0v) is 8.92. The van der Waals surface area contributed by atoms with Crippen LogP contribution >= 0.6 is 11.3 Å². The molecule has 2 N–H and O–H groups in total. The molecule has 0 saturated carbocycles. The molecular weight excluding hydrogens is 227 g/mol. The van der Waals surface area contributed by atoms with E-state index in [-0.39, 0.29) is 5.69 Å². The first-order valence-electron chi connectivity index (χ1n) is 4.63. The molecule has 0 saturated heterocycles. The first kappa shape index (κ1) is 9.35. The summed E-state index contributed by atoms with van der Waals surface area (Å²) < 4.78 is 18.6. The van der Waals surface area contributed by atoms with Crippen LogP contribution in [0.15, 0.2) is 34.1 Å². The van der Waals surface area contributed by atoms with Crippen molar-refractivity contribution in [1.82, 2.24) is 4.98 Å². The summed E-state index contributed by atoms with van der Waals surface area (Å²) in [6.07, 6.45) is 0. The van der Waals surface area contributed by atoms with Crippen molar-refractivity contribution in [2.24, 2.45) is 0 Å². The van der Waals surface area contributed by atoms with Gasteiger partial charge in [0.15, 0.2) is 5.58 Å². The average molecular weight is 234 g/mol. The summed E-state index contributed by atoms with van der Waals surface area (Å²) in [6.45, 7) is 0. The Morgan fingerprint density at radius 2 is 2.25 bits per heavy atom. The smallest absolute Gasteiger partial charge is 0.237 e. The van der Waals surface area contributed by atoms with Gasteiger partial charge in [0.1, 0.15) is 11.3 Å². The van der Waals surface area contributed by atoms with Gasteiger partial charge in [-0.05, 0) is 11.4 Å². The molecule has 0 unspecified atom stereocenters. The lowest BCUT2D eigenvalue weighted by atomic mass is 10.3. The standard InChI is InChI=1S/C11H7FN2OS/c12-6-4-7(13)10-8(5-6)14-11(15-10)9-2-1-3-16-9/h1-5H,13H2. The Kier molecular flexibility index (Phi) is 1.94. The van der Waals surface area contributed by atoms with Crippen LogP contribution in [0.5, 0.6) is 0 Å². The number of fused-ring (bicyclic) bond motifs is 1. The highest BCUT2D eigenvalue weighted by molar-refractivity contribution is 7.13. The second-order valence-corrected chi connectivity index (χ2v) is 4.29. The van der Waals surface area contributed by atoms with Crippen LogP contribution in [0.4, 0.5) is 10.1 Å². The Morgan fingerprint density at radius 1 is 1.38 bits per heavy atom. The summed E-state index contributed by atoms with van der Waals surface area (Å²) in [6, 6.07) is 6.33. The molecule has 16 heavy (non-hydrogen) atoms. The summed E-state index contributed by atoms with van der Waals surface area (Å²) in [5, 5.41) is 1.92. The van der Waals surface area contributed by atoms with Crippen LogP contribution in [0.25, 0.3) is 21.9 Å². The van der Waals surface area contributed by atoms with Gasteiger partial charge in [0.05, 0.1) is 10.6 Å². The van der Waals surface area contributed by atoms with E-state index in [1.165, 1.54) is 23.5 Å². The molecule has 2 aromatic heterocycles. The molecule has 0 spiro atoms. The largest absolute Gasteiger partial charge is 0.433 e. The third kappa shape index (κ3) is 1.37. The Balaban J connectivity index is 2.27. The molecule has 1 aromatic carbocycles. The number of thiophene rings is 1. The molecule has 80 valence electrons. The minimum absolute atomic E-state index is 0.269. The fourth-order valence-corrected chi connectivity index (χ4v) is 2.18. The third-order valence-electron chi connectivity index (χ3n) is 2.22. The molecule has 3 aromatic rings. The molecule has 0 amide bonds. The zero-order valence-electron chi connectivity index (χ0n) is 8.11. The van der Waals surface area contributed by atoms with Crippen molar-refractivity contribution < 1.29 is 8.81 Å². The first-order chi connectivity index (χ1) is 7.74. The van der Waals surface area contributed by atoms with Crippen LogP contribution < -0.4 is 5.73 Å². The van der Waals surface area contributed by atoms with Crippen LogP contribution in [-0.4, -0.2) is 4.98 Å². The molecule has 3 rings (SSSR count). The van der Waals surface area contributed by atoms with E-state index in [1.54, 1.807) is 0 Å². The Morgan fingerprint density at radius 3 is 3.00 bits per heavy atom. The van der Waals surface area contributed by atoms with Crippen molar-refractivity contribution in [3.8, 4) is 10.8 Å². The number of anilines is 1. The molecule has 0 atom stereocenters. The predicted molar refractivity (Wildman–Crippen MR) is 61.7 cm³/mol. The molecule has 0 aliphatic rings. The van der Waals surface area contributed by atoms with Crippen molar-refractivity contribution in [2.45, 2.75) is 0 Å². The molecule has 3 nitrogen and oxygen atoms in total. The quantitative estimate of drug-likeness (QED) is 0.657. The number of hydrogen-bond donors (Lipinski definition) is 1. The lowest BCUT2D eigenvalue weighted by Crippen LogP contribution is -1.86. The van der Waals surface area contributed by atoms with Crippen molar-refractivity contribution in [2.75, 3.05) is 5.73 Å². The summed E-state index contributed by atoms with van der Waals surface area (Å²) in [4.78, 5) is 5.10.